The van der Waals surface area contributed by atoms with Crippen molar-refractivity contribution >= 4 is 11.9 Å². The Hall–Kier alpha value is -1.10. The highest BCUT2D eigenvalue weighted by Gasteiger charge is 2.31. The van der Waals surface area contributed by atoms with Crippen LogP contribution in [0.1, 0.15) is 58.8 Å². The number of hydrogen-bond donors (Lipinski definition) is 3. The Bertz CT molecular complexity index is 335. The summed E-state index contributed by atoms with van der Waals surface area (Å²) in [6.07, 6.45) is 7.79. The van der Waals surface area contributed by atoms with E-state index in [-0.39, 0.29) is 18.4 Å². The van der Waals surface area contributed by atoms with E-state index in [0.717, 1.165) is 12.8 Å². The smallest absolute Gasteiger partial charge is 0.337 e. The van der Waals surface area contributed by atoms with Crippen molar-refractivity contribution in [3.05, 3.63) is 0 Å². The van der Waals surface area contributed by atoms with E-state index in [2.05, 4.69) is 5.32 Å². The van der Waals surface area contributed by atoms with Crippen molar-refractivity contribution in [1.82, 2.24) is 5.32 Å². The third kappa shape index (κ3) is 5.12. The van der Waals surface area contributed by atoms with E-state index in [4.69, 9.17) is 5.11 Å². The maximum atomic E-state index is 12.1. The number of carbonyl (C=O) groups is 2. The van der Waals surface area contributed by atoms with Crippen LogP contribution in [0.5, 0.6) is 0 Å². The SMILES string of the molecule is CCC(CC1CCCCC1)C(=O)NCC(C)(O)C(=O)O. The molecule has 0 aromatic heterocycles. The summed E-state index contributed by atoms with van der Waals surface area (Å²) in [6, 6.07) is 0. The van der Waals surface area contributed by atoms with Crippen LogP contribution in [0.25, 0.3) is 0 Å². The number of nitrogens with one attached hydrogen (secondary N) is 1. The molecule has 5 nitrogen and oxygen atoms in total. The molecule has 0 bridgehead atoms. The molecule has 116 valence electrons. The Morgan fingerprint density at radius 3 is 2.40 bits per heavy atom. The van der Waals surface area contributed by atoms with Crippen LogP contribution in [0.4, 0.5) is 0 Å². The predicted octanol–water partition coefficient (Wildman–Crippen LogP) is 1.93. The summed E-state index contributed by atoms with van der Waals surface area (Å²) in [5.74, 6) is -0.931. The molecule has 20 heavy (non-hydrogen) atoms. The minimum Gasteiger partial charge on any atom is -0.479 e. The van der Waals surface area contributed by atoms with E-state index >= 15 is 0 Å². The highest BCUT2D eigenvalue weighted by atomic mass is 16.4. The lowest BCUT2D eigenvalue weighted by Gasteiger charge is -2.26. The van der Waals surface area contributed by atoms with Crippen LogP contribution in [0.3, 0.4) is 0 Å². The normalized spacial score (nSPS) is 20.9. The zero-order valence-electron chi connectivity index (χ0n) is 12.5. The minimum absolute atomic E-state index is 0.0808. The van der Waals surface area contributed by atoms with Crippen molar-refractivity contribution < 1.29 is 19.8 Å². The first kappa shape index (κ1) is 17.0. The topological polar surface area (TPSA) is 86.6 Å². The number of amides is 1. The average molecular weight is 285 g/mol. The molecule has 1 rings (SSSR count). The quantitative estimate of drug-likeness (QED) is 0.667. The van der Waals surface area contributed by atoms with Gasteiger partial charge in [0.05, 0.1) is 6.54 Å². The molecule has 2 atom stereocenters. The average Bonchev–Trinajstić information content (AvgIpc) is 2.43. The number of carboxylic acid groups (broad SMARTS) is 1. The molecule has 5 heteroatoms. The van der Waals surface area contributed by atoms with E-state index < -0.39 is 11.6 Å². The van der Waals surface area contributed by atoms with Crippen molar-refractivity contribution in [2.75, 3.05) is 6.54 Å². The lowest BCUT2D eigenvalue weighted by molar-refractivity contribution is -0.156. The summed E-state index contributed by atoms with van der Waals surface area (Å²) in [5.41, 5.74) is -1.90. The number of hydrogen-bond acceptors (Lipinski definition) is 3. The molecule has 0 radical (unpaired) electrons. The number of carboxylic acids is 1. The molecule has 1 fully saturated rings. The van der Waals surface area contributed by atoms with Gasteiger partial charge < -0.3 is 15.5 Å². The lowest BCUT2D eigenvalue weighted by Crippen LogP contribution is -2.48. The van der Waals surface area contributed by atoms with Crippen molar-refractivity contribution in [3.8, 4) is 0 Å². The fourth-order valence-corrected chi connectivity index (χ4v) is 2.76. The zero-order valence-corrected chi connectivity index (χ0v) is 12.5. The second-order valence-corrected chi connectivity index (χ2v) is 6.14. The fraction of sp³-hybridized carbons (Fsp3) is 0.867. The monoisotopic (exact) mass is 285 g/mol. The van der Waals surface area contributed by atoms with Crippen molar-refractivity contribution in [2.24, 2.45) is 11.8 Å². The molecule has 0 saturated heterocycles. The van der Waals surface area contributed by atoms with E-state index in [1.807, 2.05) is 6.92 Å². The van der Waals surface area contributed by atoms with E-state index in [1.165, 1.54) is 39.0 Å². The van der Waals surface area contributed by atoms with Gasteiger partial charge in [0.25, 0.3) is 0 Å². The molecule has 0 aromatic carbocycles. The van der Waals surface area contributed by atoms with Gasteiger partial charge in [0.1, 0.15) is 0 Å². The molecule has 1 saturated carbocycles. The van der Waals surface area contributed by atoms with E-state index in [0.29, 0.717) is 5.92 Å². The van der Waals surface area contributed by atoms with Gasteiger partial charge in [-0.05, 0) is 25.7 Å². The minimum atomic E-state index is -1.90. The third-order valence-corrected chi connectivity index (χ3v) is 4.27. The molecule has 0 heterocycles. The van der Waals surface area contributed by atoms with Gasteiger partial charge in [-0.15, -0.1) is 0 Å². The van der Waals surface area contributed by atoms with Gasteiger partial charge in [-0.1, -0.05) is 39.0 Å². The van der Waals surface area contributed by atoms with Crippen molar-refractivity contribution in [3.63, 3.8) is 0 Å². The van der Waals surface area contributed by atoms with Gasteiger partial charge in [0.2, 0.25) is 5.91 Å². The first-order valence-electron chi connectivity index (χ1n) is 7.60. The van der Waals surface area contributed by atoms with Gasteiger partial charge in [-0.2, -0.15) is 0 Å². The Morgan fingerprint density at radius 1 is 1.30 bits per heavy atom. The molecule has 1 amide bonds. The summed E-state index contributed by atoms with van der Waals surface area (Å²) in [5, 5.41) is 21.0. The van der Waals surface area contributed by atoms with Crippen LogP contribution in [0.2, 0.25) is 0 Å². The molecule has 2 unspecified atom stereocenters. The highest BCUT2D eigenvalue weighted by molar-refractivity contribution is 5.81. The Morgan fingerprint density at radius 2 is 1.90 bits per heavy atom. The fourth-order valence-electron chi connectivity index (χ4n) is 2.76. The van der Waals surface area contributed by atoms with Crippen LogP contribution in [-0.4, -0.2) is 34.2 Å². The summed E-state index contributed by atoms with van der Waals surface area (Å²) >= 11 is 0. The first-order chi connectivity index (χ1) is 9.36. The second kappa shape index (κ2) is 7.62. The molecular weight excluding hydrogens is 258 g/mol. The van der Waals surface area contributed by atoms with Crippen LogP contribution < -0.4 is 5.32 Å². The Balaban J connectivity index is 2.44. The lowest BCUT2D eigenvalue weighted by atomic mass is 9.81. The van der Waals surface area contributed by atoms with Gasteiger partial charge in [-0.3, -0.25) is 4.79 Å². The Labute approximate surface area is 120 Å². The molecule has 0 aliphatic heterocycles. The van der Waals surface area contributed by atoms with Crippen LogP contribution in [0.15, 0.2) is 0 Å². The first-order valence-corrected chi connectivity index (χ1v) is 7.60. The summed E-state index contributed by atoms with van der Waals surface area (Å²) in [6.45, 7) is 2.92. The number of carbonyl (C=O) groups excluding carboxylic acids is 1. The summed E-state index contributed by atoms with van der Waals surface area (Å²) in [7, 11) is 0. The summed E-state index contributed by atoms with van der Waals surface area (Å²) < 4.78 is 0. The molecule has 0 spiro atoms. The zero-order chi connectivity index (χ0) is 15.2. The van der Waals surface area contributed by atoms with Gasteiger partial charge in [0.15, 0.2) is 5.60 Å². The number of rotatable bonds is 7. The van der Waals surface area contributed by atoms with Crippen LogP contribution in [-0.2, 0) is 9.59 Å². The van der Waals surface area contributed by atoms with Crippen molar-refractivity contribution in [2.45, 2.75) is 64.4 Å². The van der Waals surface area contributed by atoms with E-state index in [9.17, 15) is 14.7 Å². The Kier molecular flexibility index (Phi) is 6.46. The number of aliphatic hydroxyl groups is 1. The standard InChI is InChI=1S/C15H27NO4/c1-3-12(9-11-7-5-4-6-8-11)13(17)16-10-15(2,20)14(18)19/h11-12,20H,3-10H2,1-2H3,(H,16,17)(H,18,19). The number of aliphatic carboxylic acids is 1. The third-order valence-electron chi connectivity index (χ3n) is 4.27. The van der Waals surface area contributed by atoms with Crippen LogP contribution in [0, 0.1) is 11.8 Å². The molecule has 1 aliphatic carbocycles. The largest absolute Gasteiger partial charge is 0.479 e. The highest BCUT2D eigenvalue weighted by Crippen LogP contribution is 2.30. The molecular formula is C15H27NO4. The summed E-state index contributed by atoms with van der Waals surface area (Å²) in [4.78, 5) is 22.9. The van der Waals surface area contributed by atoms with Crippen LogP contribution >= 0.6 is 0 Å². The van der Waals surface area contributed by atoms with Gasteiger partial charge in [0, 0.05) is 5.92 Å². The molecule has 0 aromatic rings. The van der Waals surface area contributed by atoms with Gasteiger partial charge >= 0.3 is 5.97 Å². The second-order valence-electron chi connectivity index (χ2n) is 6.14. The maximum Gasteiger partial charge on any atom is 0.337 e. The maximum absolute atomic E-state index is 12.1. The van der Waals surface area contributed by atoms with Crippen molar-refractivity contribution in [1.29, 1.82) is 0 Å². The van der Waals surface area contributed by atoms with E-state index in [1.54, 1.807) is 0 Å². The molecule has 1 aliphatic rings. The predicted molar refractivity (Wildman–Crippen MR) is 76.2 cm³/mol. The molecule has 3 N–H and O–H groups in total. The van der Waals surface area contributed by atoms with Gasteiger partial charge in [-0.25, -0.2) is 4.79 Å².